The van der Waals surface area contributed by atoms with Crippen LogP contribution in [-0.4, -0.2) is 18.7 Å². The minimum atomic E-state index is -3.41. The van der Waals surface area contributed by atoms with E-state index in [0.717, 1.165) is 24.8 Å². The fraction of sp³-hybridized carbons (Fsp3) is 0.538. The number of sulfone groups is 1. The van der Waals surface area contributed by atoms with E-state index in [-0.39, 0.29) is 15.8 Å². The fourth-order valence-electron chi connectivity index (χ4n) is 2.40. The summed E-state index contributed by atoms with van der Waals surface area (Å²) in [5.74, 6) is 0. The average Bonchev–Trinajstić information content (AvgIpc) is 2.39. The van der Waals surface area contributed by atoms with Crippen molar-refractivity contribution in [3.8, 4) is 6.07 Å². The Labute approximate surface area is 108 Å². The van der Waals surface area contributed by atoms with Crippen LogP contribution in [0.3, 0.4) is 0 Å². The number of hydrogen-bond donors (Lipinski definition) is 0. The molecule has 2 rings (SSSR count). The Hall–Kier alpha value is -1.41. The second-order valence-corrected chi connectivity index (χ2v) is 6.97. The van der Waals surface area contributed by atoms with E-state index < -0.39 is 9.84 Å². The molecule has 1 fully saturated rings. The van der Waals surface area contributed by atoms with E-state index in [4.69, 9.17) is 5.26 Å². The predicted octanol–water partition coefficient (Wildman–Crippen LogP) is 2.37. The van der Waals surface area contributed by atoms with Crippen molar-refractivity contribution < 1.29 is 8.42 Å². The molecule has 0 aromatic carbocycles. The normalized spacial score (nSPS) is 17.3. The molecule has 18 heavy (non-hydrogen) atoms. The maximum absolute atomic E-state index is 12.5. The summed E-state index contributed by atoms with van der Waals surface area (Å²) in [6.07, 6.45) is 5.92. The zero-order valence-corrected chi connectivity index (χ0v) is 11.2. The van der Waals surface area contributed by atoms with Crippen LogP contribution < -0.4 is 0 Å². The maximum atomic E-state index is 12.5. The van der Waals surface area contributed by atoms with Crippen molar-refractivity contribution >= 4 is 9.84 Å². The van der Waals surface area contributed by atoms with Crippen molar-refractivity contribution in [1.82, 2.24) is 4.98 Å². The van der Waals surface area contributed by atoms with Gasteiger partial charge >= 0.3 is 0 Å². The molecule has 1 heterocycles. The molecule has 1 aromatic rings. The Morgan fingerprint density at radius 1 is 1.33 bits per heavy atom. The number of aryl methyl sites for hydroxylation is 1. The van der Waals surface area contributed by atoms with Crippen LogP contribution in [0.2, 0.25) is 0 Å². The summed E-state index contributed by atoms with van der Waals surface area (Å²) in [4.78, 5) is 4.03. The highest BCUT2D eigenvalue weighted by Gasteiger charge is 2.31. The van der Waals surface area contributed by atoms with E-state index in [1.807, 2.05) is 6.07 Å². The first-order valence-corrected chi connectivity index (χ1v) is 7.71. The summed E-state index contributed by atoms with van der Waals surface area (Å²) in [7, 11) is -3.41. The van der Waals surface area contributed by atoms with Crippen molar-refractivity contribution in [2.75, 3.05) is 0 Å². The maximum Gasteiger partial charge on any atom is 0.184 e. The molecule has 0 radical (unpaired) electrons. The van der Waals surface area contributed by atoms with Crippen molar-refractivity contribution in [3.63, 3.8) is 0 Å². The highest BCUT2D eigenvalue weighted by atomic mass is 32.2. The van der Waals surface area contributed by atoms with Gasteiger partial charge in [0.2, 0.25) is 0 Å². The van der Waals surface area contributed by atoms with Crippen LogP contribution in [0.25, 0.3) is 0 Å². The van der Waals surface area contributed by atoms with Crippen LogP contribution >= 0.6 is 0 Å². The Bertz CT molecular complexity index is 581. The molecule has 1 saturated carbocycles. The van der Waals surface area contributed by atoms with E-state index in [9.17, 15) is 8.42 Å². The molecule has 1 aliphatic carbocycles. The van der Waals surface area contributed by atoms with Gasteiger partial charge in [0.1, 0.15) is 11.0 Å². The van der Waals surface area contributed by atoms with E-state index >= 15 is 0 Å². The molecule has 0 N–H and O–H groups in total. The summed E-state index contributed by atoms with van der Waals surface area (Å²) in [5, 5.41) is 8.65. The van der Waals surface area contributed by atoms with Gasteiger partial charge in [-0.3, -0.25) is 0 Å². The zero-order chi connectivity index (χ0) is 13.2. The summed E-state index contributed by atoms with van der Waals surface area (Å²) in [6, 6.07) is 3.44. The number of rotatable bonds is 2. The Kier molecular flexibility index (Phi) is 3.67. The third-order valence-electron chi connectivity index (χ3n) is 3.39. The molecule has 5 heteroatoms. The second-order valence-electron chi connectivity index (χ2n) is 4.78. The lowest BCUT2D eigenvalue weighted by atomic mass is 10.0. The third-order valence-corrected chi connectivity index (χ3v) is 5.67. The minimum absolute atomic E-state index is 0.0196. The smallest absolute Gasteiger partial charge is 0.184 e. The fourth-order valence-corrected chi connectivity index (χ4v) is 4.43. The van der Waals surface area contributed by atoms with Crippen molar-refractivity contribution in [1.29, 1.82) is 5.26 Å². The first-order valence-electron chi connectivity index (χ1n) is 6.16. The Balaban J connectivity index is 2.46. The Morgan fingerprint density at radius 2 is 2.00 bits per heavy atom. The molecule has 0 spiro atoms. The van der Waals surface area contributed by atoms with Gasteiger partial charge in [0.25, 0.3) is 0 Å². The zero-order valence-electron chi connectivity index (χ0n) is 10.4. The predicted molar refractivity (Wildman–Crippen MR) is 67.7 cm³/mol. The van der Waals surface area contributed by atoms with Crippen LogP contribution in [0.4, 0.5) is 0 Å². The number of nitrogens with zero attached hydrogens (tertiary/aromatic N) is 2. The highest BCUT2D eigenvalue weighted by molar-refractivity contribution is 7.92. The van der Waals surface area contributed by atoms with E-state index in [0.29, 0.717) is 12.8 Å². The van der Waals surface area contributed by atoms with E-state index in [1.54, 1.807) is 13.0 Å². The third kappa shape index (κ3) is 2.39. The topological polar surface area (TPSA) is 70.8 Å². The molecule has 0 bridgehead atoms. The monoisotopic (exact) mass is 264 g/mol. The van der Waals surface area contributed by atoms with Crippen molar-refractivity contribution in [2.24, 2.45) is 0 Å². The molecule has 0 unspecified atom stereocenters. The summed E-state index contributed by atoms with van der Waals surface area (Å²) in [5.41, 5.74) is 0.787. The number of hydrogen-bond acceptors (Lipinski definition) is 4. The van der Waals surface area contributed by atoms with Crippen LogP contribution in [0.5, 0.6) is 0 Å². The van der Waals surface area contributed by atoms with Gasteiger partial charge in [-0.05, 0) is 31.4 Å². The van der Waals surface area contributed by atoms with E-state index in [2.05, 4.69) is 4.98 Å². The van der Waals surface area contributed by atoms with E-state index in [1.165, 1.54) is 6.20 Å². The molecule has 0 atom stereocenters. The number of nitriles is 1. The van der Waals surface area contributed by atoms with Crippen LogP contribution in [0.15, 0.2) is 17.2 Å². The average molecular weight is 264 g/mol. The molecular formula is C13H16N2O2S. The largest absolute Gasteiger partial charge is 0.244 e. The molecule has 1 aromatic heterocycles. The van der Waals surface area contributed by atoms with Gasteiger partial charge in [-0.2, -0.15) is 5.26 Å². The van der Waals surface area contributed by atoms with Gasteiger partial charge in [-0.25, -0.2) is 13.4 Å². The quantitative estimate of drug-likeness (QED) is 0.822. The summed E-state index contributed by atoms with van der Waals surface area (Å²) in [6.45, 7) is 1.79. The van der Waals surface area contributed by atoms with Crippen LogP contribution in [0.1, 0.15) is 43.4 Å². The van der Waals surface area contributed by atoms with Crippen LogP contribution in [0, 0.1) is 18.3 Å². The molecule has 0 saturated heterocycles. The standard InChI is InChI=1S/C13H16N2O2S/c1-10-7-13(12(8-14)15-9-10)18(16,17)11-5-3-2-4-6-11/h7,9,11H,2-6H2,1H3. The van der Waals surface area contributed by atoms with Gasteiger partial charge in [0, 0.05) is 6.20 Å². The highest BCUT2D eigenvalue weighted by Crippen LogP contribution is 2.29. The molecule has 1 aliphatic rings. The van der Waals surface area contributed by atoms with Crippen molar-refractivity contribution in [2.45, 2.75) is 49.2 Å². The Morgan fingerprint density at radius 3 is 2.61 bits per heavy atom. The number of pyridine rings is 1. The van der Waals surface area contributed by atoms with Gasteiger partial charge in [0.15, 0.2) is 15.5 Å². The molecular weight excluding hydrogens is 248 g/mol. The lowest BCUT2D eigenvalue weighted by molar-refractivity contribution is 0.483. The minimum Gasteiger partial charge on any atom is -0.244 e. The second kappa shape index (κ2) is 5.07. The molecule has 4 nitrogen and oxygen atoms in total. The lowest BCUT2D eigenvalue weighted by Crippen LogP contribution is -2.25. The van der Waals surface area contributed by atoms with Crippen molar-refractivity contribution in [3.05, 3.63) is 23.5 Å². The van der Waals surface area contributed by atoms with Gasteiger partial charge in [0.05, 0.1) is 5.25 Å². The van der Waals surface area contributed by atoms with Gasteiger partial charge in [-0.15, -0.1) is 0 Å². The summed E-state index contributed by atoms with van der Waals surface area (Å²) < 4.78 is 25.1. The van der Waals surface area contributed by atoms with Crippen LogP contribution in [-0.2, 0) is 9.84 Å². The first kappa shape index (κ1) is 13.0. The molecule has 0 amide bonds. The van der Waals surface area contributed by atoms with Gasteiger partial charge < -0.3 is 0 Å². The SMILES string of the molecule is Cc1cnc(C#N)c(S(=O)(=O)C2CCCCC2)c1. The summed E-state index contributed by atoms with van der Waals surface area (Å²) >= 11 is 0. The van der Waals surface area contributed by atoms with Gasteiger partial charge in [-0.1, -0.05) is 19.3 Å². The first-order chi connectivity index (χ1) is 8.55. The lowest BCUT2D eigenvalue weighted by Gasteiger charge is -2.22. The number of aromatic nitrogens is 1. The molecule has 96 valence electrons. The molecule has 0 aliphatic heterocycles.